The van der Waals surface area contributed by atoms with Gasteiger partial charge < -0.3 is 9.47 Å². The predicted octanol–water partition coefficient (Wildman–Crippen LogP) is 5.89. The average Bonchev–Trinajstić information content (AvgIpc) is 2.75. The molecule has 0 heterocycles. The molecule has 1 N–H and O–H groups in total. The summed E-state index contributed by atoms with van der Waals surface area (Å²) in [5.41, 5.74) is 7.37. The molecule has 0 atom stereocenters. The van der Waals surface area contributed by atoms with Gasteiger partial charge in [0, 0.05) is 15.6 Å². The predicted molar refractivity (Wildman–Crippen MR) is 129 cm³/mol. The maximum atomic E-state index is 12.2. The van der Waals surface area contributed by atoms with Crippen LogP contribution in [0.3, 0.4) is 0 Å². The lowest BCUT2D eigenvalue weighted by Gasteiger charge is -2.12. The number of methoxy groups -OCH3 is 1. The monoisotopic (exact) mass is 470 g/mol. The van der Waals surface area contributed by atoms with Gasteiger partial charge in [0.1, 0.15) is 6.61 Å². The Bertz CT molecular complexity index is 1150. The van der Waals surface area contributed by atoms with Crippen molar-refractivity contribution in [1.29, 1.82) is 0 Å². The maximum Gasteiger partial charge on any atom is 0.244 e. The summed E-state index contributed by atoms with van der Waals surface area (Å²) in [6.45, 7) is 4.29. The van der Waals surface area contributed by atoms with Gasteiger partial charge in [0.2, 0.25) is 5.91 Å². The molecule has 0 aliphatic heterocycles. The highest BCUT2D eigenvalue weighted by atomic mass is 35.5. The van der Waals surface area contributed by atoms with Gasteiger partial charge in [0.25, 0.3) is 0 Å². The van der Waals surface area contributed by atoms with E-state index in [1.807, 2.05) is 38.1 Å². The Morgan fingerprint density at radius 1 is 1.00 bits per heavy atom. The summed E-state index contributed by atoms with van der Waals surface area (Å²) in [6, 6.07) is 16.7. The fraction of sp³-hybridized carbons (Fsp3) is 0.200. The van der Waals surface area contributed by atoms with Crippen molar-refractivity contribution >= 4 is 35.3 Å². The molecule has 0 aromatic heterocycles. The summed E-state index contributed by atoms with van der Waals surface area (Å²) in [7, 11) is 1.56. The van der Waals surface area contributed by atoms with E-state index in [1.165, 1.54) is 5.56 Å². The lowest BCUT2D eigenvalue weighted by molar-refractivity contribution is -0.120. The van der Waals surface area contributed by atoms with Crippen LogP contribution in [0, 0.1) is 13.8 Å². The summed E-state index contributed by atoms with van der Waals surface area (Å²) >= 11 is 12.1. The zero-order valence-electron chi connectivity index (χ0n) is 18.1. The highest BCUT2D eigenvalue weighted by Gasteiger charge is 2.09. The Morgan fingerprint density at radius 2 is 1.78 bits per heavy atom. The minimum absolute atomic E-state index is 0.181. The Morgan fingerprint density at radius 3 is 2.50 bits per heavy atom. The molecule has 3 aromatic rings. The summed E-state index contributed by atoms with van der Waals surface area (Å²) in [5, 5.41) is 5.16. The molecule has 0 fully saturated rings. The van der Waals surface area contributed by atoms with Crippen LogP contribution in [0.1, 0.15) is 27.8 Å². The van der Waals surface area contributed by atoms with E-state index in [-0.39, 0.29) is 18.9 Å². The standard InChI is InChI=1S/C25H24Cl2N2O3/c1-16-4-6-19(17(2)10-16)12-25(30)29-28-14-18-5-9-23(24(11-18)31-3)32-15-20-7-8-21(26)13-22(20)27/h4-11,13-14H,12,15H2,1-3H3,(H,29,30)/b28-14+. The lowest BCUT2D eigenvalue weighted by atomic mass is 10.0. The average molecular weight is 471 g/mol. The number of ether oxygens (including phenoxy) is 2. The number of hydrogen-bond donors (Lipinski definition) is 1. The van der Waals surface area contributed by atoms with E-state index in [2.05, 4.69) is 16.6 Å². The van der Waals surface area contributed by atoms with Gasteiger partial charge in [0.15, 0.2) is 11.5 Å². The molecule has 1 amide bonds. The highest BCUT2D eigenvalue weighted by Crippen LogP contribution is 2.29. The molecule has 7 heteroatoms. The maximum absolute atomic E-state index is 12.2. The molecule has 0 spiro atoms. The van der Waals surface area contributed by atoms with Crippen molar-refractivity contribution < 1.29 is 14.3 Å². The SMILES string of the molecule is COc1cc(/C=N/NC(=O)Cc2ccc(C)cc2C)ccc1OCc1ccc(Cl)cc1Cl. The Balaban J connectivity index is 1.59. The van der Waals surface area contributed by atoms with E-state index in [9.17, 15) is 4.79 Å². The Hall–Kier alpha value is -3.02. The van der Waals surface area contributed by atoms with Crippen LogP contribution < -0.4 is 14.9 Å². The smallest absolute Gasteiger partial charge is 0.244 e. The number of hydrazone groups is 1. The van der Waals surface area contributed by atoms with Gasteiger partial charge in [-0.25, -0.2) is 5.43 Å². The summed E-state index contributed by atoms with van der Waals surface area (Å²) in [4.78, 5) is 12.2. The van der Waals surface area contributed by atoms with E-state index in [1.54, 1.807) is 37.6 Å². The zero-order valence-corrected chi connectivity index (χ0v) is 19.6. The van der Waals surface area contributed by atoms with Crippen LogP contribution in [0.15, 0.2) is 59.7 Å². The number of nitrogens with one attached hydrogen (secondary N) is 1. The molecule has 5 nitrogen and oxygen atoms in total. The third-order valence-corrected chi connectivity index (χ3v) is 5.42. The molecular weight excluding hydrogens is 447 g/mol. The lowest BCUT2D eigenvalue weighted by Crippen LogP contribution is -2.20. The van der Waals surface area contributed by atoms with Gasteiger partial charge >= 0.3 is 0 Å². The van der Waals surface area contributed by atoms with Crippen molar-refractivity contribution in [3.05, 3.63) is 92.5 Å². The first-order valence-electron chi connectivity index (χ1n) is 9.98. The number of benzene rings is 3. The second kappa shape index (κ2) is 11.0. The van der Waals surface area contributed by atoms with Crippen molar-refractivity contribution in [3.63, 3.8) is 0 Å². The second-order valence-electron chi connectivity index (χ2n) is 7.33. The number of amides is 1. The molecular formula is C25H24Cl2N2O3. The number of aryl methyl sites for hydroxylation is 2. The number of rotatable bonds is 8. The van der Waals surface area contributed by atoms with Gasteiger partial charge in [-0.1, -0.05) is 53.0 Å². The van der Waals surface area contributed by atoms with E-state index >= 15 is 0 Å². The zero-order chi connectivity index (χ0) is 23.1. The quantitative estimate of drug-likeness (QED) is 0.329. The molecule has 166 valence electrons. The van der Waals surface area contributed by atoms with Crippen molar-refractivity contribution in [2.45, 2.75) is 26.9 Å². The molecule has 0 unspecified atom stereocenters. The van der Waals surface area contributed by atoms with Gasteiger partial charge in [-0.05, 0) is 60.9 Å². The van der Waals surface area contributed by atoms with Crippen molar-refractivity contribution in [1.82, 2.24) is 5.43 Å². The van der Waals surface area contributed by atoms with E-state index in [0.29, 0.717) is 21.5 Å². The van der Waals surface area contributed by atoms with Crippen LogP contribution in [0.5, 0.6) is 11.5 Å². The Kier molecular flexibility index (Phi) is 8.14. The Labute approximate surface area is 198 Å². The van der Waals surface area contributed by atoms with E-state index < -0.39 is 0 Å². The van der Waals surface area contributed by atoms with Crippen LogP contribution in [0.2, 0.25) is 10.0 Å². The number of nitrogens with zero attached hydrogens (tertiary/aromatic N) is 1. The summed E-state index contributed by atoms with van der Waals surface area (Å²) < 4.78 is 11.3. The third-order valence-electron chi connectivity index (χ3n) is 4.84. The van der Waals surface area contributed by atoms with Gasteiger partial charge in [0.05, 0.1) is 19.7 Å². The first-order chi connectivity index (χ1) is 15.4. The largest absolute Gasteiger partial charge is 0.493 e. The summed E-state index contributed by atoms with van der Waals surface area (Å²) in [5.74, 6) is 0.926. The number of hydrogen-bond acceptors (Lipinski definition) is 4. The van der Waals surface area contributed by atoms with E-state index in [0.717, 1.165) is 22.3 Å². The molecule has 0 saturated carbocycles. The van der Waals surface area contributed by atoms with E-state index in [4.69, 9.17) is 32.7 Å². The molecule has 0 saturated heterocycles. The van der Waals surface area contributed by atoms with Crippen LogP contribution in [0.25, 0.3) is 0 Å². The third kappa shape index (κ3) is 6.49. The topological polar surface area (TPSA) is 59.9 Å². The fourth-order valence-electron chi connectivity index (χ4n) is 3.11. The number of carbonyl (C=O) groups excluding carboxylic acids is 1. The molecule has 0 bridgehead atoms. The van der Waals surface area contributed by atoms with Crippen LogP contribution in [-0.4, -0.2) is 19.2 Å². The van der Waals surface area contributed by atoms with Crippen LogP contribution >= 0.6 is 23.2 Å². The minimum Gasteiger partial charge on any atom is -0.493 e. The molecule has 32 heavy (non-hydrogen) atoms. The van der Waals surface area contributed by atoms with Crippen molar-refractivity contribution in [2.24, 2.45) is 5.10 Å². The van der Waals surface area contributed by atoms with Crippen molar-refractivity contribution in [2.75, 3.05) is 7.11 Å². The molecule has 3 rings (SSSR count). The van der Waals surface area contributed by atoms with Gasteiger partial charge in [-0.15, -0.1) is 0 Å². The van der Waals surface area contributed by atoms with Crippen LogP contribution in [-0.2, 0) is 17.8 Å². The van der Waals surface area contributed by atoms with Crippen molar-refractivity contribution in [3.8, 4) is 11.5 Å². The summed E-state index contributed by atoms with van der Waals surface area (Å²) in [6.07, 6.45) is 1.83. The second-order valence-corrected chi connectivity index (χ2v) is 8.18. The first kappa shape index (κ1) is 23.6. The first-order valence-corrected chi connectivity index (χ1v) is 10.7. The van der Waals surface area contributed by atoms with Gasteiger partial charge in [-0.2, -0.15) is 5.10 Å². The fourth-order valence-corrected chi connectivity index (χ4v) is 3.58. The van der Waals surface area contributed by atoms with Gasteiger partial charge in [-0.3, -0.25) is 4.79 Å². The normalized spacial score (nSPS) is 10.9. The minimum atomic E-state index is -0.181. The molecule has 0 aliphatic carbocycles. The molecule has 3 aromatic carbocycles. The number of carbonyl (C=O) groups is 1. The van der Waals surface area contributed by atoms with Crippen LogP contribution in [0.4, 0.5) is 0 Å². The molecule has 0 aliphatic rings. The number of halogens is 2. The molecule has 0 radical (unpaired) electrons. The highest BCUT2D eigenvalue weighted by molar-refractivity contribution is 6.35.